The van der Waals surface area contributed by atoms with Crippen LogP contribution in [0.2, 0.25) is 10.0 Å². The van der Waals surface area contributed by atoms with Crippen LogP contribution in [0.1, 0.15) is 39.3 Å². The summed E-state index contributed by atoms with van der Waals surface area (Å²) in [6.07, 6.45) is 2.02. The fourth-order valence-electron chi connectivity index (χ4n) is 6.11. The molecule has 0 fully saturated rings. The van der Waals surface area contributed by atoms with Gasteiger partial charge in [0.15, 0.2) is 0 Å². The minimum absolute atomic E-state index is 0.302. The zero-order valence-electron chi connectivity index (χ0n) is 24.5. The molecule has 0 aliphatic heterocycles. The maximum absolute atomic E-state index is 13.9. The van der Waals surface area contributed by atoms with Crippen LogP contribution in [0.15, 0.2) is 107 Å². The van der Waals surface area contributed by atoms with Crippen LogP contribution in [0.4, 0.5) is 0 Å². The number of nitrogens with one attached hydrogen (secondary N) is 4. The summed E-state index contributed by atoms with van der Waals surface area (Å²) in [7, 11) is 0. The Morgan fingerprint density at radius 2 is 1.24 bits per heavy atom. The molecule has 7 nitrogen and oxygen atoms in total. The summed E-state index contributed by atoms with van der Waals surface area (Å²) in [5, 5.41) is 13.9. The lowest BCUT2D eigenvalue weighted by molar-refractivity contribution is 0.825. The van der Waals surface area contributed by atoms with Crippen molar-refractivity contribution in [3.05, 3.63) is 161 Å². The summed E-state index contributed by atoms with van der Waals surface area (Å²) < 4.78 is 2.10. The summed E-state index contributed by atoms with van der Waals surface area (Å²) in [6.45, 7) is 4.50. The number of hydrogen-bond donors (Lipinski definition) is 4. The van der Waals surface area contributed by atoms with E-state index in [0.717, 1.165) is 44.3 Å². The normalized spacial score (nSPS) is 11.6. The molecule has 0 atom stereocenters. The Labute approximate surface area is 268 Å². The van der Waals surface area contributed by atoms with Crippen LogP contribution in [0.5, 0.6) is 0 Å². The van der Waals surface area contributed by atoms with E-state index in [9.17, 15) is 9.59 Å². The topological polar surface area (TPSA) is 102 Å². The van der Waals surface area contributed by atoms with Gasteiger partial charge in [0.05, 0.1) is 28.4 Å². The number of fused-ring (bicyclic) bond motifs is 1. The predicted molar refractivity (Wildman–Crippen MR) is 182 cm³/mol. The SMILES string of the molecule is Cc1ccc(-c2[nH][nH]c(=O)c2C(c2c(-c3ccc(C)cc3)[nH][nH]c2=O)c2cn(Cc3ccc(Cl)cc3Cl)c3ccccc23)cc1. The van der Waals surface area contributed by atoms with Crippen molar-refractivity contribution in [1.29, 1.82) is 0 Å². The second-order valence-electron chi connectivity index (χ2n) is 11.4. The third-order valence-electron chi connectivity index (χ3n) is 8.37. The molecule has 4 aromatic carbocycles. The Hall–Kier alpha value is -4.98. The van der Waals surface area contributed by atoms with Gasteiger partial charge in [-0.25, -0.2) is 0 Å². The molecule has 0 saturated heterocycles. The lowest BCUT2D eigenvalue weighted by Crippen LogP contribution is -2.20. The van der Waals surface area contributed by atoms with Gasteiger partial charge in [-0.3, -0.25) is 30.0 Å². The van der Waals surface area contributed by atoms with Gasteiger partial charge in [-0.2, -0.15) is 0 Å². The lowest BCUT2D eigenvalue weighted by Gasteiger charge is -2.17. The van der Waals surface area contributed by atoms with E-state index in [1.807, 2.05) is 105 Å². The minimum atomic E-state index is -0.741. The standard InChI is InChI=1S/C36H29Cl2N5O2/c1-20-7-11-22(12-8-20)33-31(35(44)41-39-33)30(32-34(40-42-36(32)45)23-13-9-21(2)10-14-23)27-19-43(29-6-4-3-5-26(27)29)18-24-15-16-25(37)17-28(24)38/h3-17,19,30H,18H2,1-2H3,(H2,39,41,44)(H2,40,42,45). The maximum Gasteiger partial charge on any atom is 0.268 e. The van der Waals surface area contributed by atoms with Crippen LogP contribution in [-0.4, -0.2) is 25.0 Å². The van der Waals surface area contributed by atoms with E-state index in [1.165, 1.54) is 0 Å². The largest absolute Gasteiger partial charge is 0.343 e. The summed E-state index contributed by atoms with van der Waals surface area (Å²) in [4.78, 5) is 27.7. The molecule has 0 bridgehead atoms. The van der Waals surface area contributed by atoms with Gasteiger partial charge in [0.2, 0.25) is 0 Å². The van der Waals surface area contributed by atoms with Gasteiger partial charge in [-0.15, -0.1) is 0 Å². The number of rotatable bonds is 7. The molecule has 3 heterocycles. The molecule has 0 radical (unpaired) electrons. The fraction of sp³-hybridized carbons (Fsp3) is 0.111. The van der Waals surface area contributed by atoms with Gasteiger partial charge >= 0.3 is 0 Å². The third-order valence-corrected chi connectivity index (χ3v) is 8.96. The van der Waals surface area contributed by atoms with Gasteiger partial charge in [0.25, 0.3) is 11.1 Å². The zero-order valence-corrected chi connectivity index (χ0v) is 26.1. The van der Waals surface area contributed by atoms with Crippen LogP contribution < -0.4 is 11.1 Å². The van der Waals surface area contributed by atoms with Crippen molar-refractivity contribution in [2.24, 2.45) is 0 Å². The smallest absolute Gasteiger partial charge is 0.268 e. The van der Waals surface area contributed by atoms with E-state index in [4.69, 9.17) is 23.2 Å². The highest BCUT2D eigenvalue weighted by molar-refractivity contribution is 6.35. The number of nitrogens with zero attached hydrogens (tertiary/aromatic N) is 1. The monoisotopic (exact) mass is 633 g/mol. The van der Waals surface area contributed by atoms with Gasteiger partial charge in [-0.05, 0) is 54.3 Å². The second kappa shape index (κ2) is 11.5. The van der Waals surface area contributed by atoms with Crippen molar-refractivity contribution in [3.8, 4) is 22.5 Å². The number of para-hydroxylation sites is 1. The molecule has 9 heteroatoms. The number of aryl methyl sites for hydroxylation is 2. The Balaban J connectivity index is 1.52. The van der Waals surface area contributed by atoms with E-state index in [1.54, 1.807) is 6.07 Å². The van der Waals surface area contributed by atoms with Crippen LogP contribution in [0.25, 0.3) is 33.4 Å². The van der Waals surface area contributed by atoms with E-state index in [-0.39, 0.29) is 11.1 Å². The first-order chi connectivity index (χ1) is 21.8. The second-order valence-corrected chi connectivity index (χ2v) is 12.2. The number of H-pyrrole nitrogens is 4. The van der Waals surface area contributed by atoms with Crippen LogP contribution >= 0.6 is 23.2 Å². The molecule has 0 amide bonds. The van der Waals surface area contributed by atoms with E-state index in [2.05, 4.69) is 25.0 Å². The zero-order chi connectivity index (χ0) is 31.2. The first kappa shape index (κ1) is 28.8. The third kappa shape index (κ3) is 5.24. The highest BCUT2D eigenvalue weighted by Crippen LogP contribution is 2.41. The highest BCUT2D eigenvalue weighted by Gasteiger charge is 2.33. The molecule has 0 spiro atoms. The van der Waals surface area contributed by atoms with E-state index >= 15 is 0 Å². The average Bonchev–Trinajstić information content (AvgIpc) is 3.72. The summed E-state index contributed by atoms with van der Waals surface area (Å²) >= 11 is 12.8. The molecule has 3 aromatic heterocycles. The first-order valence-corrected chi connectivity index (χ1v) is 15.3. The van der Waals surface area contributed by atoms with Crippen molar-refractivity contribution in [1.82, 2.24) is 25.0 Å². The molecule has 0 unspecified atom stereocenters. The summed E-state index contributed by atoms with van der Waals surface area (Å²) in [5.74, 6) is -0.741. The number of halogens is 2. The Morgan fingerprint density at radius 3 is 1.80 bits per heavy atom. The molecule has 7 rings (SSSR count). The number of benzene rings is 4. The molecule has 4 N–H and O–H groups in total. The quantitative estimate of drug-likeness (QED) is 0.142. The van der Waals surface area contributed by atoms with Crippen molar-refractivity contribution in [2.75, 3.05) is 0 Å². The number of hydrogen-bond acceptors (Lipinski definition) is 2. The molecule has 224 valence electrons. The Bertz CT molecular complexity index is 2190. The van der Waals surface area contributed by atoms with E-state index < -0.39 is 5.92 Å². The van der Waals surface area contributed by atoms with Crippen molar-refractivity contribution in [3.63, 3.8) is 0 Å². The molecule has 0 aliphatic carbocycles. The first-order valence-electron chi connectivity index (χ1n) is 14.6. The van der Waals surface area contributed by atoms with E-state index in [0.29, 0.717) is 39.1 Å². The van der Waals surface area contributed by atoms with Gasteiger partial charge < -0.3 is 4.57 Å². The van der Waals surface area contributed by atoms with Crippen molar-refractivity contribution >= 4 is 34.1 Å². The van der Waals surface area contributed by atoms with Crippen molar-refractivity contribution in [2.45, 2.75) is 26.3 Å². The van der Waals surface area contributed by atoms with Gasteiger partial charge in [-0.1, -0.05) is 107 Å². The maximum atomic E-state index is 13.9. The fourth-order valence-corrected chi connectivity index (χ4v) is 6.57. The molecular formula is C36H29Cl2N5O2. The average molecular weight is 635 g/mol. The van der Waals surface area contributed by atoms with Crippen molar-refractivity contribution < 1.29 is 0 Å². The van der Waals surface area contributed by atoms with Crippen LogP contribution in [0, 0.1) is 13.8 Å². The minimum Gasteiger partial charge on any atom is -0.343 e. The number of aromatic nitrogens is 5. The Morgan fingerprint density at radius 1 is 0.689 bits per heavy atom. The molecular weight excluding hydrogens is 605 g/mol. The van der Waals surface area contributed by atoms with Gasteiger partial charge in [0, 0.05) is 33.7 Å². The molecule has 0 aliphatic rings. The lowest BCUT2D eigenvalue weighted by atomic mass is 9.83. The predicted octanol–water partition coefficient (Wildman–Crippen LogP) is 8.16. The Kier molecular flexibility index (Phi) is 7.36. The molecule has 0 saturated carbocycles. The summed E-state index contributed by atoms with van der Waals surface area (Å²) in [6, 6.07) is 29.4. The van der Waals surface area contributed by atoms with Gasteiger partial charge in [0.1, 0.15) is 0 Å². The number of aromatic amines is 4. The summed E-state index contributed by atoms with van der Waals surface area (Å²) in [5.41, 5.74) is 8.05. The highest BCUT2D eigenvalue weighted by atomic mass is 35.5. The molecule has 7 aromatic rings. The molecule has 45 heavy (non-hydrogen) atoms. The van der Waals surface area contributed by atoms with Crippen LogP contribution in [0.3, 0.4) is 0 Å². The van der Waals surface area contributed by atoms with Crippen LogP contribution in [-0.2, 0) is 6.54 Å².